The molecule has 4 rings (SSSR count). The van der Waals surface area contributed by atoms with Crippen LogP contribution >= 0.6 is 34.8 Å². The molecular weight excluding hydrogens is 428 g/mol. The molecule has 0 saturated carbocycles. The Morgan fingerprint density at radius 3 is 2.75 bits per heavy atom. The summed E-state index contributed by atoms with van der Waals surface area (Å²) in [7, 11) is 0. The summed E-state index contributed by atoms with van der Waals surface area (Å²) in [5.74, 6) is 0.312. The maximum Gasteiger partial charge on any atom is 0.291 e. The average Bonchev–Trinajstić information content (AvgIpc) is 2.68. The second-order valence-corrected chi connectivity index (χ2v) is 7.40. The van der Waals surface area contributed by atoms with Crippen LogP contribution in [-0.2, 0) is 0 Å². The predicted molar refractivity (Wildman–Crippen MR) is 108 cm³/mol. The lowest BCUT2D eigenvalue weighted by Crippen LogP contribution is -2.22. The van der Waals surface area contributed by atoms with E-state index < -0.39 is 5.56 Å². The molecule has 5 nitrogen and oxygen atoms in total. The first-order valence-corrected chi connectivity index (χ1v) is 9.49. The van der Waals surface area contributed by atoms with Crippen LogP contribution in [0.3, 0.4) is 0 Å². The van der Waals surface area contributed by atoms with Gasteiger partial charge in [-0.3, -0.25) is 4.79 Å². The number of benzene rings is 2. The minimum absolute atomic E-state index is 0.0812. The van der Waals surface area contributed by atoms with Gasteiger partial charge in [0, 0.05) is 12.0 Å². The summed E-state index contributed by atoms with van der Waals surface area (Å²) in [5, 5.41) is 7.64. The fourth-order valence-corrected chi connectivity index (χ4v) is 3.54. The van der Waals surface area contributed by atoms with Crippen molar-refractivity contribution < 1.29 is 9.13 Å². The van der Waals surface area contributed by atoms with Crippen molar-refractivity contribution in [3.05, 3.63) is 79.4 Å². The third kappa shape index (κ3) is 3.55. The molecule has 0 radical (unpaired) electrons. The summed E-state index contributed by atoms with van der Waals surface area (Å²) in [6.45, 7) is 0.509. The Hall–Kier alpha value is -2.28. The Labute approximate surface area is 174 Å². The van der Waals surface area contributed by atoms with Crippen molar-refractivity contribution in [2.75, 3.05) is 11.9 Å². The van der Waals surface area contributed by atoms with Gasteiger partial charge in [0.25, 0.3) is 5.56 Å². The summed E-state index contributed by atoms with van der Waals surface area (Å²) >= 11 is 18.1. The van der Waals surface area contributed by atoms with Gasteiger partial charge in [-0.15, -0.1) is 0 Å². The maximum absolute atomic E-state index is 13.7. The minimum atomic E-state index is -0.542. The van der Waals surface area contributed by atoms with Gasteiger partial charge < -0.3 is 10.1 Å². The zero-order valence-electron chi connectivity index (χ0n) is 14.3. The monoisotopic (exact) mass is 439 g/mol. The van der Waals surface area contributed by atoms with Crippen molar-refractivity contribution in [1.29, 1.82) is 0 Å². The minimum Gasteiger partial charge on any atom is -0.493 e. The van der Waals surface area contributed by atoms with Crippen molar-refractivity contribution >= 4 is 40.5 Å². The van der Waals surface area contributed by atoms with Crippen LogP contribution < -0.4 is 15.6 Å². The van der Waals surface area contributed by atoms with E-state index in [1.54, 1.807) is 24.3 Å². The molecule has 0 amide bonds. The van der Waals surface area contributed by atoms with Crippen LogP contribution in [0.25, 0.3) is 5.69 Å². The van der Waals surface area contributed by atoms with Gasteiger partial charge in [0.1, 0.15) is 16.6 Å². The molecule has 1 aliphatic heterocycles. The Morgan fingerprint density at radius 1 is 1.14 bits per heavy atom. The van der Waals surface area contributed by atoms with Crippen LogP contribution in [0, 0.1) is 5.82 Å². The number of fused-ring (bicyclic) bond motifs is 1. The smallest absolute Gasteiger partial charge is 0.291 e. The lowest BCUT2D eigenvalue weighted by atomic mass is 10.00. The lowest BCUT2D eigenvalue weighted by molar-refractivity contribution is 0.273. The third-order valence-corrected chi connectivity index (χ3v) is 5.48. The second kappa shape index (κ2) is 7.62. The summed E-state index contributed by atoms with van der Waals surface area (Å²) in [5.41, 5.74) is 1.27. The Bertz CT molecular complexity index is 1120. The van der Waals surface area contributed by atoms with Crippen molar-refractivity contribution in [2.45, 2.75) is 12.5 Å². The fraction of sp³-hybridized carbons (Fsp3) is 0.158. The van der Waals surface area contributed by atoms with E-state index in [0.717, 1.165) is 10.2 Å². The molecule has 0 bridgehead atoms. The standard InChI is InChI=1S/C19H13Cl3FN3O2/c20-13-8-11(26-19(27)18(22)14(21)9-24-26)2-3-16(13)25-15-5-6-28-17-4-1-10(23)7-12(15)17/h1-4,7-9,15,25H,5-6H2. The molecule has 1 aromatic heterocycles. The van der Waals surface area contributed by atoms with E-state index in [9.17, 15) is 9.18 Å². The second-order valence-electron chi connectivity index (χ2n) is 6.20. The number of hydrogen-bond acceptors (Lipinski definition) is 4. The van der Waals surface area contributed by atoms with Crippen LogP contribution in [0.15, 0.2) is 47.4 Å². The van der Waals surface area contributed by atoms with Crippen LogP contribution in [0.4, 0.5) is 10.1 Å². The number of ether oxygens (including phenoxy) is 1. The van der Waals surface area contributed by atoms with E-state index in [1.807, 2.05) is 0 Å². The van der Waals surface area contributed by atoms with Gasteiger partial charge in [-0.2, -0.15) is 9.78 Å². The van der Waals surface area contributed by atoms with E-state index in [2.05, 4.69) is 10.4 Å². The highest BCUT2D eigenvalue weighted by atomic mass is 35.5. The van der Waals surface area contributed by atoms with Crippen molar-refractivity contribution in [3.8, 4) is 11.4 Å². The molecule has 0 fully saturated rings. The normalized spacial score (nSPS) is 15.6. The number of anilines is 1. The van der Waals surface area contributed by atoms with Gasteiger partial charge in [0.15, 0.2) is 0 Å². The van der Waals surface area contributed by atoms with Crippen molar-refractivity contribution in [1.82, 2.24) is 9.78 Å². The topological polar surface area (TPSA) is 56.2 Å². The zero-order chi connectivity index (χ0) is 19.8. The van der Waals surface area contributed by atoms with Gasteiger partial charge in [-0.1, -0.05) is 34.8 Å². The molecule has 1 N–H and O–H groups in total. The molecule has 0 saturated heterocycles. The van der Waals surface area contributed by atoms with Gasteiger partial charge in [0.05, 0.1) is 40.3 Å². The number of halogens is 4. The summed E-state index contributed by atoms with van der Waals surface area (Å²) < 4.78 is 20.3. The first kappa shape index (κ1) is 19.1. The largest absolute Gasteiger partial charge is 0.493 e. The SMILES string of the molecule is O=c1c(Cl)c(Cl)cnn1-c1ccc(NC2CCOc3ccc(F)cc32)c(Cl)c1. The van der Waals surface area contributed by atoms with Crippen molar-refractivity contribution in [3.63, 3.8) is 0 Å². The molecule has 9 heteroatoms. The Balaban J connectivity index is 1.65. The molecule has 144 valence electrons. The van der Waals surface area contributed by atoms with Crippen LogP contribution in [0.2, 0.25) is 15.1 Å². The number of hydrogen-bond donors (Lipinski definition) is 1. The van der Waals surface area contributed by atoms with Crippen LogP contribution in [-0.4, -0.2) is 16.4 Å². The number of nitrogens with zero attached hydrogens (tertiary/aromatic N) is 2. The average molecular weight is 441 g/mol. The third-order valence-electron chi connectivity index (χ3n) is 4.41. The molecule has 1 unspecified atom stereocenters. The van der Waals surface area contributed by atoms with Gasteiger partial charge in [0.2, 0.25) is 0 Å². The summed E-state index contributed by atoms with van der Waals surface area (Å²) in [4.78, 5) is 12.2. The quantitative estimate of drug-likeness (QED) is 0.603. The molecular formula is C19H13Cl3FN3O2. The van der Waals surface area contributed by atoms with E-state index in [4.69, 9.17) is 39.5 Å². The molecule has 2 aromatic carbocycles. The molecule has 28 heavy (non-hydrogen) atoms. The molecule has 0 spiro atoms. The maximum atomic E-state index is 13.7. The number of aromatic nitrogens is 2. The van der Waals surface area contributed by atoms with E-state index >= 15 is 0 Å². The van der Waals surface area contributed by atoms with Crippen LogP contribution in [0.1, 0.15) is 18.0 Å². The lowest BCUT2D eigenvalue weighted by Gasteiger charge is -2.28. The summed E-state index contributed by atoms with van der Waals surface area (Å²) in [6.07, 6.45) is 1.95. The van der Waals surface area contributed by atoms with Gasteiger partial charge >= 0.3 is 0 Å². The van der Waals surface area contributed by atoms with E-state index in [0.29, 0.717) is 35.2 Å². The molecule has 1 atom stereocenters. The highest BCUT2D eigenvalue weighted by Gasteiger charge is 2.23. The van der Waals surface area contributed by atoms with Gasteiger partial charge in [-0.05, 0) is 36.4 Å². The Kier molecular flexibility index (Phi) is 5.19. The van der Waals surface area contributed by atoms with E-state index in [1.165, 1.54) is 18.3 Å². The first-order valence-electron chi connectivity index (χ1n) is 8.36. The Morgan fingerprint density at radius 2 is 1.96 bits per heavy atom. The van der Waals surface area contributed by atoms with E-state index in [-0.39, 0.29) is 21.9 Å². The molecule has 2 heterocycles. The van der Waals surface area contributed by atoms with Gasteiger partial charge in [-0.25, -0.2) is 4.39 Å². The first-order chi connectivity index (χ1) is 13.4. The zero-order valence-corrected chi connectivity index (χ0v) is 16.5. The summed E-state index contributed by atoms with van der Waals surface area (Å²) in [6, 6.07) is 9.27. The molecule has 0 aliphatic carbocycles. The highest BCUT2D eigenvalue weighted by molar-refractivity contribution is 6.41. The number of rotatable bonds is 3. The number of nitrogens with one attached hydrogen (secondary N) is 1. The van der Waals surface area contributed by atoms with Crippen molar-refractivity contribution in [2.24, 2.45) is 0 Å². The fourth-order valence-electron chi connectivity index (χ4n) is 3.05. The van der Waals surface area contributed by atoms with Crippen LogP contribution in [0.5, 0.6) is 5.75 Å². The molecule has 3 aromatic rings. The molecule has 1 aliphatic rings. The predicted octanol–water partition coefficient (Wildman–Crippen LogP) is 5.27. The highest BCUT2D eigenvalue weighted by Crippen LogP contribution is 2.36.